The Labute approximate surface area is 144 Å². The lowest BCUT2D eigenvalue weighted by atomic mass is 10.1. The quantitative estimate of drug-likeness (QED) is 0.610. The van der Waals surface area contributed by atoms with Gasteiger partial charge in [-0.15, -0.1) is 5.10 Å². The fourth-order valence-electron chi connectivity index (χ4n) is 3.47. The Hall–Kier alpha value is -2.86. The Bertz CT molecular complexity index is 1020. The molecule has 25 heavy (non-hydrogen) atoms. The van der Waals surface area contributed by atoms with E-state index in [9.17, 15) is 5.11 Å². The number of fused-ring (bicyclic) bond motifs is 2. The molecule has 1 unspecified atom stereocenters. The van der Waals surface area contributed by atoms with Crippen LogP contribution in [0.15, 0.2) is 53.1 Å². The number of anilines is 1. The second kappa shape index (κ2) is 5.60. The van der Waals surface area contributed by atoms with Crippen LogP contribution in [0.25, 0.3) is 28.1 Å². The van der Waals surface area contributed by atoms with Gasteiger partial charge in [-0.1, -0.05) is 18.2 Å². The molecule has 6 heteroatoms. The van der Waals surface area contributed by atoms with Crippen molar-refractivity contribution >= 4 is 22.4 Å². The Morgan fingerprint density at radius 2 is 2.08 bits per heavy atom. The molecule has 0 aliphatic carbocycles. The molecule has 0 amide bonds. The summed E-state index contributed by atoms with van der Waals surface area (Å²) in [4.78, 5) is 6.56. The van der Waals surface area contributed by atoms with Gasteiger partial charge in [0.05, 0.1) is 12.3 Å². The van der Waals surface area contributed by atoms with E-state index >= 15 is 0 Å². The van der Waals surface area contributed by atoms with Gasteiger partial charge < -0.3 is 14.4 Å². The zero-order chi connectivity index (χ0) is 16.8. The summed E-state index contributed by atoms with van der Waals surface area (Å²) in [6.07, 6.45) is 3.33. The predicted octanol–water partition coefficient (Wildman–Crippen LogP) is 3.10. The minimum absolute atomic E-state index is 0.288. The summed E-state index contributed by atoms with van der Waals surface area (Å²) >= 11 is 0. The molecule has 126 valence electrons. The van der Waals surface area contributed by atoms with E-state index in [1.54, 1.807) is 6.20 Å². The van der Waals surface area contributed by atoms with Crippen molar-refractivity contribution in [1.82, 2.24) is 14.6 Å². The van der Waals surface area contributed by atoms with E-state index in [1.807, 2.05) is 47.0 Å². The van der Waals surface area contributed by atoms with Gasteiger partial charge in [-0.05, 0) is 37.1 Å². The third-order valence-corrected chi connectivity index (χ3v) is 4.75. The monoisotopic (exact) mass is 334 g/mol. The predicted molar refractivity (Wildman–Crippen MR) is 95.6 cm³/mol. The molecular formula is C19H18N4O2. The van der Waals surface area contributed by atoms with Crippen LogP contribution in [0, 0.1) is 0 Å². The summed E-state index contributed by atoms with van der Waals surface area (Å²) in [5.41, 5.74) is 2.45. The molecule has 4 heterocycles. The smallest absolute Gasteiger partial charge is 0.155 e. The maximum Gasteiger partial charge on any atom is 0.155 e. The van der Waals surface area contributed by atoms with E-state index in [0.29, 0.717) is 6.54 Å². The number of aliphatic hydroxyl groups excluding tert-OH is 1. The first-order valence-electron chi connectivity index (χ1n) is 8.55. The SMILES string of the molecule is OC1CCCN(c2ccc3ncc(-c4cc5ccccc5o4)n3n2)C1. The highest BCUT2D eigenvalue weighted by Crippen LogP contribution is 2.28. The number of benzene rings is 1. The highest BCUT2D eigenvalue weighted by molar-refractivity contribution is 5.82. The maximum absolute atomic E-state index is 9.92. The summed E-state index contributed by atoms with van der Waals surface area (Å²) in [6.45, 7) is 1.53. The number of para-hydroxylation sites is 1. The Kier molecular flexibility index (Phi) is 3.24. The average Bonchev–Trinajstić information content (AvgIpc) is 3.24. The van der Waals surface area contributed by atoms with Crippen molar-refractivity contribution in [1.29, 1.82) is 0 Å². The van der Waals surface area contributed by atoms with Crippen molar-refractivity contribution in [2.75, 3.05) is 18.0 Å². The first-order chi connectivity index (χ1) is 12.3. The summed E-state index contributed by atoms with van der Waals surface area (Å²) in [5, 5.41) is 15.7. The molecule has 0 saturated carbocycles. The third-order valence-electron chi connectivity index (χ3n) is 4.75. The number of hydrogen-bond donors (Lipinski definition) is 1. The Morgan fingerprint density at radius 3 is 2.96 bits per heavy atom. The highest BCUT2D eigenvalue weighted by Gasteiger charge is 2.20. The molecule has 4 aromatic rings. The third kappa shape index (κ3) is 2.46. The van der Waals surface area contributed by atoms with Crippen LogP contribution < -0.4 is 4.90 Å². The molecule has 1 saturated heterocycles. The van der Waals surface area contributed by atoms with Gasteiger partial charge in [-0.3, -0.25) is 0 Å². The standard InChI is InChI=1S/C19H18N4O2/c24-14-5-3-9-22(12-14)19-8-7-18-20-11-15(23(18)21-19)17-10-13-4-1-2-6-16(13)25-17/h1-2,4,6-8,10-11,14,24H,3,5,9,12H2. The van der Waals surface area contributed by atoms with E-state index in [0.717, 1.165) is 53.3 Å². The number of aromatic nitrogens is 3. The van der Waals surface area contributed by atoms with Crippen LogP contribution in [0.4, 0.5) is 5.82 Å². The van der Waals surface area contributed by atoms with Crippen molar-refractivity contribution in [3.8, 4) is 11.5 Å². The van der Waals surface area contributed by atoms with Crippen molar-refractivity contribution in [3.05, 3.63) is 48.7 Å². The van der Waals surface area contributed by atoms with E-state index in [1.165, 1.54) is 0 Å². The first kappa shape index (κ1) is 14.5. The van der Waals surface area contributed by atoms with Gasteiger partial charge in [0.1, 0.15) is 17.1 Å². The van der Waals surface area contributed by atoms with Gasteiger partial charge >= 0.3 is 0 Å². The maximum atomic E-state index is 9.92. The molecule has 0 spiro atoms. The molecule has 5 rings (SSSR count). The van der Waals surface area contributed by atoms with Gasteiger partial charge in [0.15, 0.2) is 11.4 Å². The van der Waals surface area contributed by atoms with E-state index in [-0.39, 0.29) is 6.10 Å². The lowest BCUT2D eigenvalue weighted by Crippen LogP contribution is -2.38. The molecule has 0 radical (unpaired) electrons. The number of piperidine rings is 1. The largest absolute Gasteiger partial charge is 0.454 e. The average molecular weight is 334 g/mol. The molecule has 1 N–H and O–H groups in total. The van der Waals surface area contributed by atoms with Gasteiger partial charge in [0.2, 0.25) is 0 Å². The van der Waals surface area contributed by atoms with Gasteiger partial charge in [0.25, 0.3) is 0 Å². The van der Waals surface area contributed by atoms with Crippen LogP contribution in [0.1, 0.15) is 12.8 Å². The summed E-state index contributed by atoms with van der Waals surface area (Å²) in [7, 11) is 0. The molecule has 1 aliphatic rings. The van der Waals surface area contributed by atoms with Crippen molar-refractivity contribution in [2.24, 2.45) is 0 Å². The van der Waals surface area contributed by atoms with Crippen LogP contribution in [0.2, 0.25) is 0 Å². The van der Waals surface area contributed by atoms with Crippen molar-refractivity contribution in [2.45, 2.75) is 18.9 Å². The van der Waals surface area contributed by atoms with Crippen LogP contribution in [0.5, 0.6) is 0 Å². The Balaban J connectivity index is 1.60. The molecule has 1 aliphatic heterocycles. The van der Waals surface area contributed by atoms with Crippen LogP contribution in [-0.4, -0.2) is 38.9 Å². The van der Waals surface area contributed by atoms with Gasteiger partial charge in [-0.2, -0.15) is 0 Å². The molecule has 1 atom stereocenters. The summed E-state index contributed by atoms with van der Waals surface area (Å²) < 4.78 is 7.78. The van der Waals surface area contributed by atoms with Crippen LogP contribution in [-0.2, 0) is 0 Å². The number of β-amino-alcohol motifs (C(OH)–C–C–N with tert-alkyl or cyclic N) is 1. The van der Waals surface area contributed by atoms with E-state index < -0.39 is 0 Å². The molecule has 1 fully saturated rings. The summed E-state index contributed by atoms with van der Waals surface area (Å²) in [6, 6.07) is 13.9. The lowest BCUT2D eigenvalue weighted by Gasteiger charge is -2.30. The lowest BCUT2D eigenvalue weighted by molar-refractivity contribution is 0.153. The topological polar surface area (TPSA) is 66.8 Å². The van der Waals surface area contributed by atoms with E-state index in [2.05, 4.69) is 9.88 Å². The number of imidazole rings is 1. The first-order valence-corrected chi connectivity index (χ1v) is 8.55. The van der Waals surface area contributed by atoms with Gasteiger partial charge in [0, 0.05) is 18.5 Å². The number of aliphatic hydroxyl groups is 1. The molecule has 3 aromatic heterocycles. The molecular weight excluding hydrogens is 316 g/mol. The Morgan fingerprint density at radius 1 is 1.16 bits per heavy atom. The number of furan rings is 1. The second-order valence-corrected chi connectivity index (χ2v) is 6.50. The fraction of sp³-hybridized carbons (Fsp3) is 0.263. The van der Waals surface area contributed by atoms with E-state index in [4.69, 9.17) is 9.52 Å². The second-order valence-electron chi connectivity index (χ2n) is 6.50. The normalized spacial score (nSPS) is 18.3. The molecule has 0 bridgehead atoms. The number of hydrogen-bond acceptors (Lipinski definition) is 5. The fourth-order valence-corrected chi connectivity index (χ4v) is 3.47. The molecule has 1 aromatic carbocycles. The summed E-state index contributed by atoms with van der Waals surface area (Å²) in [5.74, 6) is 1.60. The van der Waals surface area contributed by atoms with Crippen molar-refractivity contribution in [3.63, 3.8) is 0 Å². The highest BCUT2D eigenvalue weighted by atomic mass is 16.3. The molecule has 6 nitrogen and oxygen atoms in total. The van der Waals surface area contributed by atoms with Crippen molar-refractivity contribution < 1.29 is 9.52 Å². The van der Waals surface area contributed by atoms with Crippen LogP contribution >= 0.6 is 0 Å². The zero-order valence-electron chi connectivity index (χ0n) is 13.7. The minimum atomic E-state index is -0.288. The minimum Gasteiger partial charge on any atom is -0.454 e. The van der Waals surface area contributed by atoms with Gasteiger partial charge in [-0.25, -0.2) is 9.50 Å². The number of nitrogens with zero attached hydrogens (tertiary/aromatic N) is 4. The zero-order valence-corrected chi connectivity index (χ0v) is 13.7. The number of rotatable bonds is 2. The van der Waals surface area contributed by atoms with Crippen LogP contribution in [0.3, 0.4) is 0 Å².